The summed E-state index contributed by atoms with van der Waals surface area (Å²) in [6.07, 6.45) is 0. The van der Waals surface area contributed by atoms with Gasteiger partial charge < -0.3 is 4.98 Å². The van der Waals surface area contributed by atoms with Crippen molar-refractivity contribution in [1.82, 2.24) is 15.0 Å². The Kier molecular flexibility index (Phi) is 3.38. The third-order valence-corrected chi connectivity index (χ3v) is 2.90. The van der Waals surface area contributed by atoms with Crippen LogP contribution in [0.1, 0.15) is 5.69 Å². The molecule has 17 heavy (non-hydrogen) atoms. The summed E-state index contributed by atoms with van der Waals surface area (Å²) in [5.74, 6) is 0.350. The summed E-state index contributed by atoms with van der Waals surface area (Å²) in [5, 5.41) is 0.519. The first kappa shape index (κ1) is 12.4. The molecule has 4 nitrogen and oxygen atoms in total. The minimum atomic E-state index is -0.404. The number of nitrogens with zero attached hydrogens (tertiary/aromatic N) is 2. The molecule has 88 valence electrons. The summed E-state index contributed by atoms with van der Waals surface area (Å²) in [6, 6.07) is 3.11. The van der Waals surface area contributed by atoms with Crippen LogP contribution in [0.4, 0.5) is 0 Å². The highest BCUT2D eigenvalue weighted by Gasteiger charge is 2.09. The molecule has 0 radical (unpaired) electrons. The number of aromatic amines is 1. The summed E-state index contributed by atoms with van der Waals surface area (Å²) < 4.78 is 0. The first-order valence-electron chi connectivity index (χ1n) is 4.57. The molecule has 0 saturated carbocycles. The lowest BCUT2D eigenvalue weighted by atomic mass is 10.2. The van der Waals surface area contributed by atoms with Gasteiger partial charge in [0.2, 0.25) is 0 Å². The zero-order chi connectivity index (χ0) is 12.6. The Bertz CT molecular complexity index is 619. The Morgan fingerprint density at radius 3 is 2.24 bits per heavy atom. The predicted octanol–water partition coefficient (Wildman–Crippen LogP) is 3.10. The molecule has 0 atom stereocenters. The molecular weight excluding hydrogens is 284 g/mol. The normalized spacial score (nSPS) is 10.6. The van der Waals surface area contributed by atoms with Crippen LogP contribution in [0.3, 0.4) is 0 Å². The van der Waals surface area contributed by atoms with E-state index in [4.69, 9.17) is 34.8 Å². The first-order chi connectivity index (χ1) is 7.97. The van der Waals surface area contributed by atoms with Gasteiger partial charge in [0.25, 0.3) is 5.56 Å². The average molecular weight is 291 g/mol. The summed E-state index contributed by atoms with van der Waals surface area (Å²) >= 11 is 17.3. The number of aryl methyl sites for hydroxylation is 1. The maximum Gasteiger partial charge on any atom is 0.270 e. The number of H-pyrrole nitrogens is 1. The van der Waals surface area contributed by atoms with Crippen LogP contribution in [0, 0.1) is 6.92 Å². The van der Waals surface area contributed by atoms with Crippen LogP contribution in [0.25, 0.3) is 11.4 Å². The molecule has 2 aromatic heterocycles. The highest BCUT2D eigenvalue weighted by molar-refractivity contribution is 6.33. The van der Waals surface area contributed by atoms with E-state index < -0.39 is 5.56 Å². The van der Waals surface area contributed by atoms with Crippen LogP contribution < -0.4 is 5.56 Å². The van der Waals surface area contributed by atoms with Crippen LogP contribution in [-0.4, -0.2) is 15.0 Å². The number of rotatable bonds is 1. The predicted molar refractivity (Wildman–Crippen MR) is 67.9 cm³/mol. The van der Waals surface area contributed by atoms with Gasteiger partial charge in [-0.15, -0.1) is 0 Å². The largest absolute Gasteiger partial charge is 0.305 e. The Balaban J connectivity index is 2.65. The molecule has 0 bridgehead atoms. The molecule has 0 fully saturated rings. The molecule has 7 heteroatoms. The maximum atomic E-state index is 11.5. The van der Waals surface area contributed by atoms with Crippen molar-refractivity contribution in [3.05, 3.63) is 43.5 Å². The standard InChI is InChI=1S/C10H6Cl3N3O/c1-4-8(13)10(17)16-9(14-4)5-2-6(11)15-7(12)3-5/h2-3H,1H3,(H,14,16,17). The molecule has 0 aliphatic rings. The molecule has 2 aromatic rings. The summed E-state index contributed by atoms with van der Waals surface area (Å²) in [4.78, 5) is 22.0. The van der Waals surface area contributed by atoms with Gasteiger partial charge in [0.1, 0.15) is 21.2 Å². The van der Waals surface area contributed by atoms with E-state index in [0.717, 1.165) is 0 Å². The number of nitrogens with one attached hydrogen (secondary N) is 1. The van der Waals surface area contributed by atoms with E-state index in [1.807, 2.05) is 0 Å². The first-order valence-corrected chi connectivity index (χ1v) is 5.70. The van der Waals surface area contributed by atoms with E-state index in [-0.39, 0.29) is 15.3 Å². The Morgan fingerprint density at radius 2 is 1.71 bits per heavy atom. The van der Waals surface area contributed by atoms with Gasteiger partial charge >= 0.3 is 0 Å². The van der Waals surface area contributed by atoms with Crippen molar-refractivity contribution in [3.63, 3.8) is 0 Å². The van der Waals surface area contributed by atoms with Gasteiger partial charge in [0.15, 0.2) is 0 Å². The summed E-state index contributed by atoms with van der Waals surface area (Å²) in [5.41, 5.74) is 0.611. The second kappa shape index (κ2) is 4.64. The molecular formula is C10H6Cl3N3O. The van der Waals surface area contributed by atoms with Crippen LogP contribution in [0.5, 0.6) is 0 Å². The van der Waals surface area contributed by atoms with Crippen LogP contribution >= 0.6 is 34.8 Å². The topological polar surface area (TPSA) is 58.6 Å². The van der Waals surface area contributed by atoms with Gasteiger partial charge in [-0.1, -0.05) is 34.8 Å². The van der Waals surface area contributed by atoms with E-state index in [1.165, 1.54) is 0 Å². The van der Waals surface area contributed by atoms with Gasteiger partial charge in [-0.3, -0.25) is 4.79 Å². The van der Waals surface area contributed by atoms with Crippen LogP contribution in [-0.2, 0) is 0 Å². The Hall–Kier alpha value is -1.10. The Morgan fingerprint density at radius 1 is 1.12 bits per heavy atom. The number of hydrogen-bond donors (Lipinski definition) is 1. The molecule has 0 spiro atoms. The molecule has 2 heterocycles. The van der Waals surface area contributed by atoms with Crippen LogP contribution in [0.15, 0.2) is 16.9 Å². The summed E-state index contributed by atoms with van der Waals surface area (Å²) in [6.45, 7) is 1.64. The van der Waals surface area contributed by atoms with Gasteiger partial charge in [0, 0.05) is 5.56 Å². The van der Waals surface area contributed by atoms with E-state index in [9.17, 15) is 4.79 Å². The van der Waals surface area contributed by atoms with Gasteiger partial charge in [0.05, 0.1) is 5.69 Å². The molecule has 0 amide bonds. The Labute approximate surface area is 112 Å². The lowest BCUT2D eigenvalue weighted by molar-refractivity contribution is 1.07. The van der Waals surface area contributed by atoms with Crippen molar-refractivity contribution < 1.29 is 0 Å². The number of pyridine rings is 1. The molecule has 0 aliphatic carbocycles. The lowest BCUT2D eigenvalue weighted by Crippen LogP contribution is -2.11. The van der Waals surface area contributed by atoms with E-state index >= 15 is 0 Å². The minimum Gasteiger partial charge on any atom is -0.305 e. The minimum absolute atomic E-state index is 0.0694. The lowest BCUT2D eigenvalue weighted by Gasteiger charge is -2.04. The SMILES string of the molecule is Cc1nc(-c2cc(Cl)nc(Cl)c2)[nH]c(=O)c1Cl. The molecule has 2 rings (SSSR count). The van der Waals surface area contributed by atoms with Crippen molar-refractivity contribution in [2.45, 2.75) is 6.92 Å². The van der Waals surface area contributed by atoms with E-state index in [2.05, 4.69) is 15.0 Å². The monoisotopic (exact) mass is 289 g/mol. The second-order valence-electron chi connectivity index (χ2n) is 3.32. The highest BCUT2D eigenvalue weighted by atomic mass is 35.5. The quantitative estimate of drug-likeness (QED) is 0.821. The highest BCUT2D eigenvalue weighted by Crippen LogP contribution is 2.22. The molecule has 1 N–H and O–H groups in total. The van der Waals surface area contributed by atoms with E-state index in [1.54, 1.807) is 19.1 Å². The smallest absolute Gasteiger partial charge is 0.270 e. The van der Waals surface area contributed by atoms with Gasteiger partial charge in [-0.2, -0.15) is 0 Å². The third-order valence-electron chi connectivity index (χ3n) is 2.06. The zero-order valence-corrected chi connectivity index (χ0v) is 10.9. The van der Waals surface area contributed by atoms with Crippen molar-refractivity contribution >= 4 is 34.8 Å². The average Bonchev–Trinajstić information content (AvgIpc) is 2.23. The third kappa shape index (κ3) is 2.60. The number of hydrogen-bond acceptors (Lipinski definition) is 3. The van der Waals surface area contributed by atoms with Crippen molar-refractivity contribution in [2.24, 2.45) is 0 Å². The fraction of sp³-hybridized carbons (Fsp3) is 0.100. The molecule has 0 unspecified atom stereocenters. The second-order valence-corrected chi connectivity index (χ2v) is 4.47. The number of aromatic nitrogens is 3. The molecule has 0 aromatic carbocycles. The van der Waals surface area contributed by atoms with Crippen molar-refractivity contribution in [1.29, 1.82) is 0 Å². The van der Waals surface area contributed by atoms with E-state index in [0.29, 0.717) is 17.1 Å². The van der Waals surface area contributed by atoms with Gasteiger partial charge in [-0.25, -0.2) is 9.97 Å². The van der Waals surface area contributed by atoms with Crippen LogP contribution in [0.2, 0.25) is 15.3 Å². The molecule has 0 aliphatic heterocycles. The fourth-order valence-corrected chi connectivity index (χ4v) is 1.86. The van der Waals surface area contributed by atoms with Crippen molar-refractivity contribution in [2.75, 3.05) is 0 Å². The van der Waals surface area contributed by atoms with Crippen molar-refractivity contribution in [3.8, 4) is 11.4 Å². The zero-order valence-electron chi connectivity index (χ0n) is 8.59. The number of halogens is 3. The fourth-order valence-electron chi connectivity index (χ4n) is 1.31. The summed E-state index contributed by atoms with van der Waals surface area (Å²) in [7, 11) is 0. The maximum absolute atomic E-state index is 11.5. The molecule has 0 saturated heterocycles. The van der Waals surface area contributed by atoms with Gasteiger partial charge in [-0.05, 0) is 19.1 Å².